The third kappa shape index (κ3) is 2.59. The Morgan fingerprint density at radius 3 is 2.59 bits per heavy atom. The lowest BCUT2D eigenvalue weighted by Crippen LogP contribution is -2.27. The number of allylic oxidation sites excluding steroid dienone is 1. The van der Waals surface area contributed by atoms with Crippen LogP contribution in [0.25, 0.3) is 16.3 Å². The van der Waals surface area contributed by atoms with Crippen molar-refractivity contribution in [2.45, 2.75) is 38.6 Å². The molecular weight excluding hydrogens is 330 g/mol. The Hall–Kier alpha value is -2.87. The van der Waals surface area contributed by atoms with Gasteiger partial charge in [0.05, 0.1) is 6.04 Å². The number of hydrogen-bond acceptors (Lipinski definition) is 2. The van der Waals surface area contributed by atoms with E-state index in [9.17, 15) is 4.79 Å². The summed E-state index contributed by atoms with van der Waals surface area (Å²) in [5, 5.41) is 6.16. The van der Waals surface area contributed by atoms with Gasteiger partial charge in [0.1, 0.15) is 0 Å². The van der Waals surface area contributed by atoms with Gasteiger partial charge in [0.15, 0.2) is 5.78 Å². The minimum Gasteiger partial charge on any atom is -0.373 e. The first-order valence-corrected chi connectivity index (χ1v) is 9.90. The SMILES string of the molecule is CCc1ccc([C@H]2Nc3ccc4ccccc4c3C3=C2C(=O)CCC3)cc1. The van der Waals surface area contributed by atoms with Crippen LogP contribution in [0.3, 0.4) is 0 Å². The van der Waals surface area contributed by atoms with E-state index >= 15 is 0 Å². The van der Waals surface area contributed by atoms with Crippen molar-refractivity contribution >= 4 is 27.8 Å². The molecule has 1 atom stereocenters. The molecule has 2 heteroatoms. The molecule has 1 aliphatic heterocycles. The highest BCUT2D eigenvalue weighted by Crippen LogP contribution is 2.47. The Kier molecular flexibility index (Phi) is 3.86. The number of hydrogen-bond donors (Lipinski definition) is 1. The predicted octanol–water partition coefficient (Wildman–Crippen LogP) is 6.08. The zero-order valence-electron chi connectivity index (χ0n) is 15.6. The molecule has 0 saturated heterocycles. The zero-order valence-corrected chi connectivity index (χ0v) is 15.6. The number of nitrogens with one attached hydrogen (secondary N) is 1. The molecule has 2 aliphatic rings. The van der Waals surface area contributed by atoms with Gasteiger partial charge in [0, 0.05) is 23.2 Å². The predicted molar refractivity (Wildman–Crippen MR) is 112 cm³/mol. The average molecular weight is 353 g/mol. The lowest BCUT2D eigenvalue weighted by molar-refractivity contribution is -0.116. The second kappa shape index (κ2) is 6.38. The lowest BCUT2D eigenvalue weighted by Gasteiger charge is -2.35. The van der Waals surface area contributed by atoms with E-state index in [2.05, 4.69) is 72.9 Å². The third-order valence-electron chi connectivity index (χ3n) is 6.00. The van der Waals surface area contributed by atoms with Gasteiger partial charge in [-0.05, 0) is 52.8 Å². The minimum absolute atomic E-state index is 0.0487. The number of rotatable bonds is 2. The number of carbonyl (C=O) groups is 1. The van der Waals surface area contributed by atoms with E-state index in [0.29, 0.717) is 12.2 Å². The quantitative estimate of drug-likeness (QED) is 0.605. The molecule has 0 spiro atoms. The third-order valence-corrected chi connectivity index (χ3v) is 6.00. The van der Waals surface area contributed by atoms with Crippen molar-refractivity contribution in [3.63, 3.8) is 0 Å². The van der Waals surface area contributed by atoms with E-state index in [1.165, 1.54) is 33.0 Å². The van der Waals surface area contributed by atoms with E-state index in [0.717, 1.165) is 30.5 Å². The molecule has 0 unspecified atom stereocenters. The van der Waals surface area contributed by atoms with Gasteiger partial charge in [-0.2, -0.15) is 0 Å². The number of carbonyl (C=O) groups excluding carboxylic acids is 1. The molecule has 5 rings (SSSR count). The van der Waals surface area contributed by atoms with Gasteiger partial charge in [-0.1, -0.05) is 61.5 Å². The molecule has 1 N–H and O–H groups in total. The molecule has 0 amide bonds. The van der Waals surface area contributed by atoms with Gasteiger partial charge in [-0.25, -0.2) is 0 Å². The highest BCUT2D eigenvalue weighted by Gasteiger charge is 2.34. The second-order valence-corrected chi connectivity index (χ2v) is 7.55. The van der Waals surface area contributed by atoms with Gasteiger partial charge >= 0.3 is 0 Å². The van der Waals surface area contributed by atoms with Crippen LogP contribution >= 0.6 is 0 Å². The van der Waals surface area contributed by atoms with Crippen LogP contribution in [0.15, 0.2) is 66.2 Å². The van der Waals surface area contributed by atoms with E-state index in [4.69, 9.17) is 0 Å². The van der Waals surface area contributed by atoms with Crippen LogP contribution in [0.1, 0.15) is 48.9 Å². The Bertz CT molecular complexity index is 1080. The van der Waals surface area contributed by atoms with Crippen LogP contribution in [-0.2, 0) is 11.2 Å². The van der Waals surface area contributed by atoms with Crippen molar-refractivity contribution in [1.29, 1.82) is 0 Å². The van der Waals surface area contributed by atoms with Gasteiger partial charge in [-0.3, -0.25) is 4.79 Å². The molecule has 2 nitrogen and oxygen atoms in total. The first kappa shape index (κ1) is 16.3. The second-order valence-electron chi connectivity index (χ2n) is 7.55. The zero-order chi connectivity index (χ0) is 18.4. The van der Waals surface area contributed by atoms with E-state index < -0.39 is 0 Å². The summed E-state index contributed by atoms with van der Waals surface area (Å²) in [5.41, 5.74) is 7.11. The van der Waals surface area contributed by atoms with Crippen LogP contribution < -0.4 is 5.32 Å². The Labute approximate surface area is 159 Å². The van der Waals surface area contributed by atoms with E-state index in [1.54, 1.807) is 0 Å². The molecule has 1 aliphatic carbocycles. The van der Waals surface area contributed by atoms with Gasteiger partial charge in [0.25, 0.3) is 0 Å². The van der Waals surface area contributed by atoms with Crippen LogP contribution in [0.5, 0.6) is 0 Å². The molecule has 3 aromatic carbocycles. The summed E-state index contributed by atoms with van der Waals surface area (Å²) in [6, 6.07) is 21.5. The topological polar surface area (TPSA) is 29.1 Å². The number of benzene rings is 3. The molecular formula is C25H23NO. The Balaban J connectivity index is 1.73. The smallest absolute Gasteiger partial charge is 0.161 e. The lowest BCUT2D eigenvalue weighted by atomic mass is 9.76. The maximum atomic E-state index is 13.0. The highest BCUT2D eigenvalue weighted by molar-refractivity contribution is 6.12. The fourth-order valence-electron chi connectivity index (χ4n) is 4.60. The van der Waals surface area contributed by atoms with Crippen molar-refractivity contribution in [2.75, 3.05) is 5.32 Å². The van der Waals surface area contributed by atoms with Crippen LogP contribution in [0, 0.1) is 0 Å². The van der Waals surface area contributed by atoms with E-state index in [1.807, 2.05) is 0 Å². The monoisotopic (exact) mass is 353 g/mol. The summed E-state index contributed by atoms with van der Waals surface area (Å²) in [4.78, 5) is 13.0. The highest BCUT2D eigenvalue weighted by atomic mass is 16.1. The summed E-state index contributed by atoms with van der Waals surface area (Å²) in [7, 11) is 0. The van der Waals surface area contributed by atoms with Crippen molar-refractivity contribution in [3.8, 4) is 0 Å². The molecule has 27 heavy (non-hydrogen) atoms. The van der Waals surface area contributed by atoms with Gasteiger partial charge in [0.2, 0.25) is 0 Å². The molecule has 3 aromatic rings. The maximum Gasteiger partial charge on any atom is 0.161 e. The van der Waals surface area contributed by atoms with Crippen LogP contribution in [-0.4, -0.2) is 5.78 Å². The fourth-order valence-corrected chi connectivity index (χ4v) is 4.60. The largest absolute Gasteiger partial charge is 0.373 e. The molecule has 134 valence electrons. The van der Waals surface area contributed by atoms with Gasteiger partial charge < -0.3 is 5.32 Å². The van der Waals surface area contributed by atoms with Crippen molar-refractivity contribution in [2.24, 2.45) is 0 Å². The summed E-state index contributed by atoms with van der Waals surface area (Å²) in [5.74, 6) is 0.298. The Morgan fingerprint density at radius 2 is 1.78 bits per heavy atom. The summed E-state index contributed by atoms with van der Waals surface area (Å²) < 4.78 is 0. The summed E-state index contributed by atoms with van der Waals surface area (Å²) in [6.07, 6.45) is 3.61. The van der Waals surface area contributed by atoms with Crippen LogP contribution in [0.4, 0.5) is 5.69 Å². The first-order valence-electron chi connectivity index (χ1n) is 9.90. The van der Waals surface area contributed by atoms with E-state index in [-0.39, 0.29) is 6.04 Å². The fraction of sp³-hybridized carbons (Fsp3) is 0.240. The molecule has 0 bridgehead atoms. The summed E-state index contributed by atoms with van der Waals surface area (Å²) in [6.45, 7) is 2.17. The van der Waals surface area contributed by atoms with Crippen molar-refractivity contribution in [3.05, 3.63) is 82.9 Å². The molecule has 0 radical (unpaired) electrons. The van der Waals surface area contributed by atoms with Crippen LogP contribution in [0.2, 0.25) is 0 Å². The Morgan fingerprint density at radius 1 is 0.963 bits per heavy atom. The first-order chi connectivity index (χ1) is 13.3. The number of anilines is 1. The molecule has 0 saturated carbocycles. The number of fused-ring (bicyclic) bond motifs is 4. The summed E-state index contributed by atoms with van der Waals surface area (Å²) >= 11 is 0. The average Bonchev–Trinajstić information content (AvgIpc) is 2.73. The van der Waals surface area contributed by atoms with Crippen molar-refractivity contribution < 1.29 is 4.79 Å². The normalized spacial score (nSPS) is 18.9. The minimum atomic E-state index is -0.0487. The standard InChI is InChI=1S/C25H23NO/c1-2-16-10-12-18(13-11-16)25-24-20(8-5-9-22(24)27)23-19-7-4-3-6-17(19)14-15-21(23)26-25/h3-4,6-7,10-15,25-26H,2,5,8-9H2,1H3/t25-/m1/s1. The molecule has 0 fully saturated rings. The molecule has 1 heterocycles. The number of Topliss-reactive ketones (excluding diaryl/α,β-unsaturated/α-hetero) is 1. The molecule has 0 aromatic heterocycles. The number of ketones is 1. The number of aryl methyl sites for hydroxylation is 1. The van der Waals surface area contributed by atoms with Crippen molar-refractivity contribution in [1.82, 2.24) is 0 Å². The van der Waals surface area contributed by atoms with Gasteiger partial charge in [-0.15, -0.1) is 0 Å². The maximum absolute atomic E-state index is 13.0.